The van der Waals surface area contributed by atoms with Gasteiger partial charge in [0, 0.05) is 51.0 Å². The standard InChI is InChI=1S/C20H26FN5O/c1-15(27)25-11-8-19-22-23-20(26(19)13-12-25)16-6-9-24(10-7-16)14-17-4-2-3-5-18(17)21/h2-5,16H,6-14H2,1H3. The predicted octanol–water partition coefficient (Wildman–Crippen LogP) is 2.20. The Morgan fingerprint density at radius 2 is 1.89 bits per heavy atom. The van der Waals surface area contributed by atoms with Crippen molar-refractivity contribution in [1.29, 1.82) is 0 Å². The summed E-state index contributed by atoms with van der Waals surface area (Å²) in [5.41, 5.74) is 0.761. The predicted molar refractivity (Wildman–Crippen MR) is 99.6 cm³/mol. The third-order valence-electron chi connectivity index (χ3n) is 5.80. The number of hydrogen-bond donors (Lipinski definition) is 0. The highest BCUT2D eigenvalue weighted by Crippen LogP contribution is 2.29. The summed E-state index contributed by atoms with van der Waals surface area (Å²) < 4.78 is 16.1. The van der Waals surface area contributed by atoms with Gasteiger partial charge in [-0.15, -0.1) is 10.2 Å². The Morgan fingerprint density at radius 3 is 2.63 bits per heavy atom. The Kier molecular flexibility index (Phi) is 5.20. The molecule has 27 heavy (non-hydrogen) atoms. The van der Waals surface area contributed by atoms with Crippen molar-refractivity contribution in [1.82, 2.24) is 24.6 Å². The molecule has 0 spiro atoms. The third-order valence-corrected chi connectivity index (χ3v) is 5.80. The molecule has 144 valence electrons. The minimum absolute atomic E-state index is 0.122. The number of nitrogens with zero attached hydrogens (tertiary/aromatic N) is 5. The Hall–Kier alpha value is -2.28. The van der Waals surface area contributed by atoms with Gasteiger partial charge in [-0.3, -0.25) is 9.69 Å². The van der Waals surface area contributed by atoms with E-state index < -0.39 is 0 Å². The molecule has 2 aromatic rings. The molecule has 2 aliphatic heterocycles. The molecule has 2 aliphatic rings. The Bertz CT molecular complexity index is 812. The van der Waals surface area contributed by atoms with Crippen LogP contribution in [0.3, 0.4) is 0 Å². The summed E-state index contributed by atoms with van der Waals surface area (Å²) in [5.74, 6) is 2.42. The van der Waals surface area contributed by atoms with E-state index in [1.165, 1.54) is 6.07 Å². The van der Waals surface area contributed by atoms with Crippen LogP contribution in [0.4, 0.5) is 4.39 Å². The molecule has 0 bridgehead atoms. The topological polar surface area (TPSA) is 54.3 Å². The van der Waals surface area contributed by atoms with Crippen LogP contribution in [0.1, 0.15) is 42.9 Å². The Morgan fingerprint density at radius 1 is 1.11 bits per heavy atom. The first-order valence-electron chi connectivity index (χ1n) is 9.75. The Labute approximate surface area is 159 Å². The maximum Gasteiger partial charge on any atom is 0.219 e. The van der Waals surface area contributed by atoms with E-state index >= 15 is 0 Å². The quantitative estimate of drug-likeness (QED) is 0.830. The highest BCUT2D eigenvalue weighted by atomic mass is 19.1. The van der Waals surface area contributed by atoms with Crippen LogP contribution >= 0.6 is 0 Å². The summed E-state index contributed by atoms with van der Waals surface area (Å²) in [6.45, 7) is 6.35. The van der Waals surface area contributed by atoms with Gasteiger partial charge in [0.25, 0.3) is 0 Å². The number of hydrogen-bond acceptors (Lipinski definition) is 4. The molecule has 0 aliphatic carbocycles. The van der Waals surface area contributed by atoms with E-state index in [1.54, 1.807) is 13.0 Å². The molecule has 3 heterocycles. The number of aromatic nitrogens is 3. The van der Waals surface area contributed by atoms with E-state index in [1.807, 2.05) is 17.0 Å². The lowest BCUT2D eigenvalue weighted by Crippen LogP contribution is -2.34. The minimum Gasteiger partial charge on any atom is -0.341 e. The number of likely N-dealkylation sites (tertiary alicyclic amines) is 1. The molecule has 0 atom stereocenters. The van der Waals surface area contributed by atoms with Gasteiger partial charge in [0.2, 0.25) is 5.91 Å². The zero-order valence-electron chi connectivity index (χ0n) is 15.8. The molecule has 0 saturated carbocycles. The second-order valence-electron chi connectivity index (χ2n) is 7.52. The molecule has 1 amide bonds. The first-order chi connectivity index (χ1) is 13.1. The number of piperidine rings is 1. The van der Waals surface area contributed by atoms with Gasteiger partial charge in [0.15, 0.2) is 0 Å². The van der Waals surface area contributed by atoms with Crippen LogP contribution in [0.2, 0.25) is 0 Å². The lowest BCUT2D eigenvalue weighted by atomic mass is 9.95. The lowest BCUT2D eigenvalue weighted by molar-refractivity contribution is -0.128. The van der Waals surface area contributed by atoms with Crippen molar-refractivity contribution in [2.24, 2.45) is 0 Å². The van der Waals surface area contributed by atoms with Crippen LogP contribution in [-0.2, 0) is 24.3 Å². The van der Waals surface area contributed by atoms with E-state index in [4.69, 9.17) is 0 Å². The van der Waals surface area contributed by atoms with E-state index in [2.05, 4.69) is 19.7 Å². The van der Waals surface area contributed by atoms with Crippen molar-refractivity contribution >= 4 is 5.91 Å². The molecular weight excluding hydrogens is 345 g/mol. The summed E-state index contributed by atoms with van der Waals surface area (Å²) in [4.78, 5) is 15.9. The molecule has 0 radical (unpaired) electrons. The van der Waals surface area contributed by atoms with Gasteiger partial charge >= 0.3 is 0 Å². The largest absolute Gasteiger partial charge is 0.341 e. The van der Waals surface area contributed by atoms with Crippen molar-refractivity contribution in [2.45, 2.75) is 45.2 Å². The number of halogens is 1. The molecule has 1 aromatic heterocycles. The molecule has 1 saturated heterocycles. The van der Waals surface area contributed by atoms with Gasteiger partial charge in [-0.05, 0) is 32.0 Å². The molecule has 1 aromatic carbocycles. The number of benzene rings is 1. The SMILES string of the molecule is CC(=O)N1CCc2nnc(C3CCN(Cc4ccccc4F)CC3)n2CC1. The summed E-state index contributed by atoms with van der Waals surface area (Å²) in [6.07, 6.45) is 2.77. The van der Waals surface area contributed by atoms with Crippen LogP contribution in [0.5, 0.6) is 0 Å². The molecule has 1 fully saturated rings. The van der Waals surface area contributed by atoms with Gasteiger partial charge in [-0.25, -0.2) is 4.39 Å². The number of amides is 1. The molecule has 7 heteroatoms. The lowest BCUT2D eigenvalue weighted by Gasteiger charge is -2.31. The normalized spacial score (nSPS) is 19.0. The zero-order valence-corrected chi connectivity index (χ0v) is 15.8. The van der Waals surface area contributed by atoms with E-state index in [0.29, 0.717) is 19.0 Å². The van der Waals surface area contributed by atoms with Gasteiger partial charge in [0.1, 0.15) is 17.5 Å². The van der Waals surface area contributed by atoms with Crippen LogP contribution < -0.4 is 0 Å². The van der Waals surface area contributed by atoms with Crippen LogP contribution in [0.15, 0.2) is 24.3 Å². The molecule has 0 N–H and O–H groups in total. The van der Waals surface area contributed by atoms with E-state index in [9.17, 15) is 9.18 Å². The zero-order chi connectivity index (χ0) is 18.8. The number of carbonyl (C=O) groups is 1. The average Bonchev–Trinajstić information content (AvgIpc) is 2.95. The number of rotatable bonds is 3. The highest BCUT2D eigenvalue weighted by Gasteiger charge is 2.28. The molecular formula is C20H26FN5O. The van der Waals surface area contributed by atoms with E-state index in [0.717, 1.165) is 62.7 Å². The Balaban J connectivity index is 1.39. The second-order valence-corrected chi connectivity index (χ2v) is 7.52. The van der Waals surface area contributed by atoms with Crippen molar-refractivity contribution in [2.75, 3.05) is 26.2 Å². The first-order valence-corrected chi connectivity index (χ1v) is 9.75. The number of carbonyl (C=O) groups excluding carboxylic acids is 1. The highest BCUT2D eigenvalue weighted by molar-refractivity contribution is 5.73. The van der Waals surface area contributed by atoms with Gasteiger partial charge in [-0.1, -0.05) is 18.2 Å². The van der Waals surface area contributed by atoms with Crippen molar-refractivity contribution < 1.29 is 9.18 Å². The number of fused-ring (bicyclic) bond motifs is 1. The fraction of sp³-hybridized carbons (Fsp3) is 0.550. The maximum atomic E-state index is 13.9. The van der Waals surface area contributed by atoms with Crippen LogP contribution in [0, 0.1) is 5.82 Å². The van der Waals surface area contributed by atoms with E-state index in [-0.39, 0.29) is 11.7 Å². The summed E-state index contributed by atoms with van der Waals surface area (Å²) in [7, 11) is 0. The monoisotopic (exact) mass is 371 g/mol. The maximum absolute atomic E-state index is 13.9. The fourth-order valence-corrected chi connectivity index (χ4v) is 4.18. The van der Waals surface area contributed by atoms with Crippen LogP contribution in [0.25, 0.3) is 0 Å². The molecule has 0 unspecified atom stereocenters. The summed E-state index contributed by atoms with van der Waals surface area (Å²) in [5, 5.41) is 8.88. The van der Waals surface area contributed by atoms with Gasteiger partial charge < -0.3 is 9.47 Å². The fourth-order valence-electron chi connectivity index (χ4n) is 4.18. The van der Waals surface area contributed by atoms with Crippen LogP contribution in [-0.4, -0.2) is 56.7 Å². The molecule has 4 rings (SSSR count). The minimum atomic E-state index is -0.127. The average molecular weight is 371 g/mol. The third kappa shape index (κ3) is 3.88. The van der Waals surface area contributed by atoms with Crippen molar-refractivity contribution in [3.05, 3.63) is 47.3 Å². The first kappa shape index (κ1) is 18.1. The molecule has 6 nitrogen and oxygen atoms in total. The smallest absolute Gasteiger partial charge is 0.219 e. The van der Waals surface area contributed by atoms with Gasteiger partial charge in [0.05, 0.1) is 0 Å². The second kappa shape index (κ2) is 7.76. The summed E-state index contributed by atoms with van der Waals surface area (Å²) >= 11 is 0. The van der Waals surface area contributed by atoms with Gasteiger partial charge in [-0.2, -0.15) is 0 Å². The summed E-state index contributed by atoms with van der Waals surface area (Å²) in [6, 6.07) is 7.01. The van der Waals surface area contributed by atoms with Crippen molar-refractivity contribution in [3.63, 3.8) is 0 Å². The van der Waals surface area contributed by atoms with Crippen molar-refractivity contribution in [3.8, 4) is 0 Å².